The van der Waals surface area contributed by atoms with E-state index in [1.807, 2.05) is 4.90 Å². The predicted molar refractivity (Wildman–Crippen MR) is 89.6 cm³/mol. The van der Waals surface area contributed by atoms with Gasteiger partial charge in [-0.05, 0) is 30.3 Å². The SMILES string of the molecule is N#Cc1ccnc(N2CCN(C(=O)c3ccc4c(c3)OCO4)CC2)c1. The number of hydrogen-bond donors (Lipinski definition) is 0. The van der Waals surface area contributed by atoms with Crippen molar-refractivity contribution in [2.45, 2.75) is 0 Å². The molecule has 2 aliphatic heterocycles. The number of benzene rings is 1. The van der Waals surface area contributed by atoms with E-state index in [4.69, 9.17) is 14.7 Å². The molecular weight excluding hydrogens is 320 g/mol. The summed E-state index contributed by atoms with van der Waals surface area (Å²) in [5, 5.41) is 9.00. The van der Waals surface area contributed by atoms with Crippen LogP contribution in [0.2, 0.25) is 0 Å². The van der Waals surface area contributed by atoms with Gasteiger partial charge in [-0.2, -0.15) is 5.26 Å². The Morgan fingerprint density at radius 1 is 1.08 bits per heavy atom. The van der Waals surface area contributed by atoms with E-state index in [-0.39, 0.29) is 12.7 Å². The smallest absolute Gasteiger partial charge is 0.254 e. The zero-order chi connectivity index (χ0) is 17.2. The molecule has 1 aromatic carbocycles. The molecule has 7 nitrogen and oxygen atoms in total. The average Bonchev–Trinajstić information content (AvgIpc) is 3.15. The molecule has 0 N–H and O–H groups in total. The Morgan fingerprint density at radius 3 is 2.68 bits per heavy atom. The molecule has 0 spiro atoms. The van der Waals surface area contributed by atoms with Gasteiger partial charge >= 0.3 is 0 Å². The third-order valence-electron chi connectivity index (χ3n) is 4.38. The lowest BCUT2D eigenvalue weighted by molar-refractivity contribution is 0.0746. The molecule has 25 heavy (non-hydrogen) atoms. The molecule has 0 atom stereocenters. The number of hydrogen-bond acceptors (Lipinski definition) is 6. The minimum atomic E-state index is -0.0170. The van der Waals surface area contributed by atoms with Crippen molar-refractivity contribution in [2.24, 2.45) is 0 Å². The lowest BCUT2D eigenvalue weighted by Crippen LogP contribution is -2.49. The van der Waals surface area contributed by atoms with Crippen LogP contribution in [0.3, 0.4) is 0 Å². The standard InChI is InChI=1S/C18H16N4O3/c19-11-13-3-4-20-17(9-13)21-5-7-22(8-6-21)18(23)14-1-2-15-16(10-14)25-12-24-15/h1-4,9-10H,5-8,12H2. The van der Waals surface area contributed by atoms with Gasteiger partial charge in [0.25, 0.3) is 5.91 Å². The fourth-order valence-electron chi connectivity index (χ4n) is 3.01. The van der Waals surface area contributed by atoms with Gasteiger partial charge in [-0.15, -0.1) is 0 Å². The highest BCUT2D eigenvalue weighted by Crippen LogP contribution is 2.32. The molecule has 1 saturated heterocycles. The number of pyridine rings is 1. The number of fused-ring (bicyclic) bond motifs is 1. The highest BCUT2D eigenvalue weighted by molar-refractivity contribution is 5.95. The second-order valence-corrected chi connectivity index (χ2v) is 5.86. The Hall–Kier alpha value is -3.27. The second kappa shape index (κ2) is 6.32. The zero-order valence-electron chi connectivity index (χ0n) is 13.5. The number of rotatable bonds is 2. The Kier molecular flexibility index (Phi) is 3.86. The first-order chi connectivity index (χ1) is 12.2. The fraction of sp³-hybridized carbons (Fsp3) is 0.278. The third kappa shape index (κ3) is 2.94. The van der Waals surface area contributed by atoms with Crippen LogP contribution >= 0.6 is 0 Å². The number of nitriles is 1. The molecule has 1 amide bonds. The number of carbonyl (C=O) groups is 1. The van der Waals surface area contributed by atoms with Gasteiger partial charge in [0.05, 0.1) is 11.6 Å². The monoisotopic (exact) mass is 336 g/mol. The zero-order valence-corrected chi connectivity index (χ0v) is 13.5. The summed E-state index contributed by atoms with van der Waals surface area (Å²) in [5.74, 6) is 2.04. The summed E-state index contributed by atoms with van der Waals surface area (Å²) in [6.07, 6.45) is 1.64. The number of ether oxygens (including phenoxy) is 2. The Morgan fingerprint density at radius 2 is 1.88 bits per heavy atom. The number of carbonyl (C=O) groups excluding carboxylic acids is 1. The molecule has 0 bridgehead atoms. The van der Waals surface area contributed by atoms with Gasteiger partial charge in [0.15, 0.2) is 11.5 Å². The first-order valence-electron chi connectivity index (χ1n) is 8.04. The molecule has 2 aliphatic rings. The Balaban J connectivity index is 1.43. The van der Waals surface area contributed by atoms with E-state index in [2.05, 4.69) is 16.0 Å². The van der Waals surface area contributed by atoms with Gasteiger partial charge in [-0.1, -0.05) is 0 Å². The number of amides is 1. The maximum atomic E-state index is 12.7. The summed E-state index contributed by atoms with van der Waals surface area (Å²) in [5.41, 5.74) is 1.19. The highest BCUT2D eigenvalue weighted by atomic mass is 16.7. The molecule has 1 fully saturated rings. The van der Waals surface area contributed by atoms with Crippen molar-refractivity contribution < 1.29 is 14.3 Å². The van der Waals surface area contributed by atoms with E-state index < -0.39 is 0 Å². The second-order valence-electron chi connectivity index (χ2n) is 5.86. The highest BCUT2D eigenvalue weighted by Gasteiger charge is 2.24. The van der Waals surface area contributed by atoms with Crippen LogP contribution in [0.1, 0.15) is 15.9 Å². The molecule has 0 saturated carbocycles. The van der Waals surface area contributed by atoms with Crippen molar-refractivity contribution in [3.8, 4) is 17.6 Å². The molecule has 3 heterocycles. The summed E-state index contributed by atoms with van der Waals surface area (Å²) in [6.45, 7) is 2.76. The van der Waals surface area contributed by atoms with Crippen LogP contribution in [0.25, 0.3) is 0 Å². The lowest BCUT2D eigenvalue weighted by atomic mass is 10.1. The van der Waals surface area contributed by atoms with Crippen molar-refractivity contribution in [1.29, 1.82) is 5.26 Å². The fourth-order valence-corrected chi connectivity index (χ4v) is 3.01. The van der Waals surface area contributed by atoms with Crippen LogP contribution in [0.5, 0.6) is 11.5 Å². The topological polar surface area (TPSA) is 78.7 Å². The predicted octanol–water partition coefficient (Wildman–Crippen LogP) is 1.64. The van der Waals surface area contributed by atoms with Gasteiger partial charge < -0.3 is 19.3 Å². The van der Waals surface area contributed by atoms with E-state index in [0.717, 1.165) is 5.82 Å². The van der Waals surface area contributed by atoms with Crippen LogP contribution in [0.4, 0.5) is 5.82 Å². The minimum absolute atomic E-state index is 0.0170. The van der Waals surface area contributed by atoms with Crippen LogP contribution in [0, 0.1) is 11.3 Å². The summed E-state index contributed by atoms with van der Waals surface area (Å²) in [7, 11) is 0. The summed E-state index contributed by atoms with van der Waals surface area (Å²) < 4.78 is 10.6. The largest absolute Gasteiger partial charge is 0.454 e. The van der Waals surface area contributed by atoms with Gasteiger partial charge in [-0.3, -0.25) is 4.79 Å². The summed E-state index contributed by atoms with van der Waals surface area (Å²) in [6, 6.07) is 10.8. The van der Waals surface area contributed by atoms with E-state index in [1.54, 1.807) is 36.5 Å². The first kappa shape index (κ1) is 15.3. The van der Waals surface area contributed by atoms with E-state index in [9.17, 15) is 4.79 Å². The van der Waals surface area contributed by atoms with Crippen molar-refractivity contribution in [2.75, 3.05) is 37.9 Å². The summed E-state index contributed by atoms with van der Waals surface area (Å²) >= 11 is 0. The molecular formula is C18H16N4O3. The van der Waals surface area contributed by atoms with Gasteiger partial charge in [0.1, 0.15) is 5.82 Å². The maximum absolute atomic E-state index is 12.7. The number of piperazine rings is 1. The van der Waals surface area contributed by atoms with Crippen LogP contribution in [-0.2, 0) is 0 Å². The minimum Gasteiger partial charge on any atom is -0.454 e. The molecule has 1 aromatic heterocycles. The molecule has 0 unspecified atom stereocenters. The van der Waals surface area contributed by atoms with Crippen molar-refractivity contribution in [3.63, 3.8) is 0 Å². The molecule has 0 aliphatic carbocycles. The van der Waals surface area contributed by atoms with E-state index in [0.29, 0.717) is 48.8 Å². The third-order valence-corrected chi connectivity index (χ3v) is 4.38. The average molecular weight is 336 g/mol. The molecule has 2 aromatic rings. The van der Waals surface area contributed by atoms with Crippen molar-refractivity contribution in [1.82, 2.24) is 9.88 Å². The first-order valence-corrected chi connectivity index (χ1v) is 8.04. The van der Waals surface area contributed by atoms with E-state index >= 15 is 0 Å². The molecule has 7 heteroatoms. The van der Waals surface area contributed by atoms with Crippen molar-refractivity contribution in [3.05, 3.63) is 47.7 Å². The lowest BCUT2D eigenvalue weighted by Gasteiger charge is -2.35. The Bertz CT molecular complexity index is 854. The van der Waals surface area contributed by atoms with Gasteiger partial charge in [0.2, 0.25) is 6.79 Å². The number of aromatic nitrogens is 1. The van der Waals surface area contributed by atoms with Crippen LogP contribution in [0.15, 0.2) is 36.5 Å². The number of nitrogens with zero attached hydrogens (tertiary/aromatic N) is 4. The molecule has 126 valence electrons. The van der Waals surface area contributed by atoms with Gasteiger partial charge in [-0.25, -0.2) is 4.98 Å². The molecule has 4 rings (SSSR count). The maximum Gasteiger partial charge on any atom is 0.254 e. The Labute approximate surface area is 145 Å². The molecule has 0 radical (unpaired) electrons. The quantitative estimate of drug-likeness (QED) is 0.830. The normalized spacial score (nSPS) is 15.8. The number of anilines is 1. The van der Waals surface area contributed by atoms with Crippen LogP contribution in [-0.4, -0.2) is 48.8 Å². The van der Waals surface area contributed by atoms with E-state index in [1.165, 1.54) is 0 Å². The van der Waals surface area contributed by atoms with Gasteiger partial charge in [0, 0.05) is 37.9 Å². The van der Waals surface area contributed by atoms with Crippen molar-refractivity contribution >= 4 is 11.7 Å². The van der Waals surface area contributed by atoms with Crippen LogP contribution < -0.4 is 14.4 Å². The summed E-state index contributed by atoms with van der Waals surface area (Å²) in [4.78, 5) is 20.9.